The Bertz CT molecular complexity index is 656. The Kier molecular flexibility index (Phi) is 3.90. The van der Waals surface area contributed by atoms with Gasteiger partial charge in [0, 0.05) is 38.0 Å². The molecule has 0 aromatic carbocycles. The molecule has 2 fully saturated rings. The standard InChI is InChI=1S/C14H19N3O4S/c1-2-21-8-11-3-6-22(19,20)14(11)9-17(10-14)13(18)12-7-15-4-5-16-12/h4-5,7,11H,2-3,6,8-10H2,1H3. The van der Waals surface area contributed by atoms with Crippen LogP contribution in [-0.2, 0) is 14.6 Å². The minimum absolute atomic E-state index is 0.0386. The zero-order valence-electron chi connectivity index (χ0n) is 12.4. The first kappa shape index (κ1) is 15.4. The average Bonchev–Trinajstić information content (AvgIpc) is 2.74. The van der Waals surface area contributed by atoms with Gasteiger partial charge in [-0.25, -0.2) is 13.4 Å². The topological polar surface area (TPSA) is 89.5 Å². The van der Waals surface area contributed by atoms with Gasteiger partial charge in [-0.15, -0.1) is 0 Å². The van der Waals surface area contributed by atoms with Crippen LogP contribution < -0.4 is 0 Å². The third-order valence-electron chi connectivity index (χ3n) is 4.61. The van der Waals surface area contributed by atoms with E-state index in [9.17, 15) is 13.2 Å². The number of aromatic nitrogens is 2. The smallest absolute Gasteiger partial charge is 0.274 e. The van der Waals surface area contributed by atoms with E-state index >= 15 is 0 Å². The summed E-state index contributed by atoms with van der Waals surface area (Å²) in [5.74, 6) is -0.128. The fourth-order valence-corrected chi connectivity index (χ4v) is 5.68. The Balaban J connectivity index is 1.75. The lowest BCUT2D eigenvalue weighted by molar-refractivity contribution is 0.0266. The van der Waals surface area contributed by atoms with Crippen LogP contribution in [-0.4, -0.2) is 66.0 Å². The maximum atomic E-state index is 12.4. The molecule has 1 atom stereocenters. The molecule has 2 aliphatic rings. The number of amides is 1. The normalized spacial score (nSPS) is 25.1. The van der Waals surface area contributed by atoms with E-state index in [2.05, 4.69) is 9.97 Å². The number of carbonyl (C=O) groups is 1. The van der Waals surface area contributed by atoms with Crippen molar-refractivity contribution in [3.63, 3.8) is 0 Å². The van der Waals surface area contributed by atoms with E-state index in [0.29, 0.717) is 19.6 Å². The van der Waals surface area contributed by atoms with E-state index in [0.717, 1.165) is 0 Å². The number of carbonyl (C=O) groups excluding carboxylic acids is 1. The minimum atomic E-state index is -3.19. The molecule has 120 valence electrons. The van der Waals surface area contributed by atoms with Crippen LogP contribution in [0.5, 0.6) is 0 Å². The number of rotatable bonds is 4. The van der Waals surface area contributed by atoms with Crippen LogP contribution in [0.2, 0.25) is 0 Å². The second kappa shape index (κ2) is 5.58. The summed E-state index contributed by atoms with van der Waals surface area (Å²) in [7, 11) is -3.19. The SMILES string of the molecule is CCOCC1CCS(=O)(=O)C12CN(C(=O)c1cnccn1)C2. The van der Waals surface area contributed by atoms with Crippen LogP contribution >= 0.6 is 0 Å². The molecule has 1 unspecified atom stereocenters. The summed E-state index contributed by atoms with van der Waals surface area (Å²) >= 11 is 0. The first-order valence-corrected chi connectivity index (χ1v) is 9.01. The molecule has 7 nitrogen and oxygen atoms in total. The van der Waals surface area contributed by atoms with E-state index in [4.69, 9.17) is 4.74 Å². The molecule has 1 aromatic rings. The third-order valence-corrected chi connectivity index (χ3v) is 7.21. The van der Waals surface area contributed by atoms with Crippen molar-refractivity contribution in [1.29, 1.82) is 0 Å². The van der Waals surface area contributed by atoms with Gasteiger partial charge in [-0.1, -0.05) is 0 Å². The van der Waals surface area contributed by atoms with Crippen LogP contribution in [0.1, 0.15) is 23.8 Å². The number of sulfone groups is 1. The van der Waals surface area contributed by atoms with Crippen molar-refractivity contribution in [3.8, 4) is 0 Å². The predicted molar refractivity (Wildman–Crippen MR) is 79.1 cm³/mol. The van der Waals surface area contributed by atoms with E-state index in [1.165, 1.54) is 23.5 Å². The first-order valence-electron chi connectivity index (χ1n) is 7.35. The summed E-state index contributed by atoms with van der Waals surface area (Å²) in [6.07, 6.45) is 4.95. The lowest BCUT2D eigenvalue weighted by atomic mass is 9.83. The second-order valence-corrected chi connectivity index (χ2v) is 8.23. The fourth-order valence-electron chi connectivity index (χ4n) is 3.28. The van der Waals surface area contributed by atoms with Gasteiger partial charge in [0.25, 0.3) is 5.91 Å². The Morgan fingerprint density at radius 3 is 2.86 bits per heavy atom. The van der Waals surface area contributed by atoms with Gasteiger partial charge < -0.3 is 9.64 Å². The van der Waals surface area contributed by atoms with Crippen molar-refractivity contribution in [2.24, 2.45) is 5.92 Å². The van der Waals surface area contributed by atoms with Gasteiger partial charge in [0.1, 0.15) is 10.4 Å². The zero-order chi connectivity index (χ0) is 15.8. The average molecular weight is 325 g/mol. The van der Waals surface area contributed by atoms with Crippen molar-refractivity contribution in [3.05, 3.63) is 24.3 Å². The number of hydrogen-bond acceptors (Lipinski definition) is 6. The van der Waals surface area contributed by atoms with Crippen molar-refractivity contribution >= 4 is 15.7 Å². The second-order valence-electron chi connectivity index (χ2n) is 5.78. The highest BCUT2D eigenvalue weighted by Gasteiger charge is 2.62. The number of nitrogens with zero attached hydrogens (tertiary/aromatic N) is 3. The zero-order valence-corrected chi connectivity index (χ0v) is 13.3. The Hall–Kier alpha value is -1.54. The van der Waals surface area contributed by atoms with Crippen LogP contribution in [0.3, 0.4) is 0 Å². The van der Waals surface area contributed by atoms with Crippen LogP contribution in [0.25, 0.3) is 0 Å². The number of hydrogen-bond donors (Lipinski definition) is 0. The first-order chi connectivity index (χ1) is 10.5. The van der Waals surface area contributed by atoms with Gasteiger partial charge in [-0.05, 0) is 13.3 Å². The van der Waals surface area contributed by atoms with Crippen molar-refractivity contribution in [2.75, 3.05) is 32.1 Å². The molecule has 0 aliphatic carbocycles. The highest BCUT2D eigenvalue weighted by Crippen LogP contribution is 2.45. The highest BCUT2D eigenvalue weighted by molar-refractivity contribution is 7.93. The van der Waals surface area contributed by atoms with Gasteiger partial charge >= 0.3 is 0 Å². The van der Waals surface area contributed by atoms with Gasteiger partial charge in [0.05, 0.1) is 18.6 Å². The summed E-state index contributed by atoms with van der Waals surface area (Å²) in [4.78, 5) is 21.7. The molecule has 0 radical (unpaired) electrons. The molecule has 1 aromatic heterocycles. The predicted octanol–water partition coefficient (Wildman–Crippen LogP) is 0.142. The van der Waals surface area contributed by atoms with Crippen molar-refractivity contribution < 1.29 is 17.9 Å². The molecule has 1 amide bonds. The summed E-state index contributed by atoms with van der Waals surface area (Å²) < 4.78 is 29.4. The van der Waals surface area contributed by atoms with E-state index in [1.807, 2.05) is 6.92 Å². The summed E-state index contributed by atoms with van der Waals surface area (Å²) in [6, 6.07) is 0. The number of ether oxygens (including phenoxy) is 1. The lowest BCUT2D eigenvalue weighted by Gasteiger charge is -2.49. The third kappa shape index (κ3) is 2.30. The van der Waals surface area contributed by atoms with E-state index in [1.54, 1.807) is 0 Å². The molecular weight excluding hydrogens is 306 g/mol. The minimum Gasteiger partial charge on any atom is -0.381 e. The van der Waals surface area contributed by atoms with Crippen molar-refractivity contribution in [2.45, 2.75) is 18.1 Å². The number of likely N-dealkylation sites (tertiary alicyclic amines) is 1. The summed E-state index contributed by atoms with van der Waals surface area (Å²) in [6.45, 7) is 3.34. The monoisotopic (exact) mass is 325 g/mol. The molecule has 3 heterocycles. The summed E-state index contributed by atoms with van der Waals surface area (Å²) in [5, 5.41) is 0. The maximum Gasteiger partial charge on any atom is 0.274 e. The fraction of sp³-hybridized carbons (Fsp3) is 0.643. The molecule has 0 saturated carbocycles. The van der Waals surface area contributed by atoms with Gasteiger partial charge in [0.15, 0.2) is 9.84 Å². The lowest BCUT2D eigenvalue weighted by Crippen LogP contribution is -2.68. The van der Waals surface area contributed by atoms with Crippen LogP contribution in [0.15, 0.2) is 18.6 Å². The molecule has 22 heavy (non-hydrogen) atoms. The Morgan fingerprint density at radius 1 is 1.45 bits per heavy atom. The van der Waals surface area contributed by atoms with Crippen molar-refractivity contribution in [1.82, 2.24) is 14.9 Å². The summed E-state index contributed by atoms with van der Waals surface area (Å²) in [5.41, 5.74) is 0.245. The molecule has 2 saturated heterocycles. The highest BCUT2D eigenvalue weighted by atomic mass is 32.2. The molecule has 8 heteroatoms. The van der Waals surface area contributed by atoms with Crippen LogP contribution in [0.4, 0.5) is 0 Å². The van der Waals surface area contributed by atoms with E-state index < -0.39 is 14.6 Å². The molecular formula is C14H19N3O4S. The molecule has 1 spiro atoms. The largest absolute Gasteiger partial charge is 0.381 e. The van der Waals surface area contributed by atoms with Crippen LogP contribution in [0, 0.1) is 5.92 Å². The molecule has 2 aliphatic heterocycles. The molecule has 0 bridgehead atoms. The quantitative estimate of drug-likeness (QED) is 0.782. The maximum absolute atomic E-state index is 12.4. The molecule has 3 rings (SSSR count). The van der Waals surface area contributed by atoms with E-state index in [-0.39, 0.29) is 36.4 Å². The van der Waals surface area contributed by atoms with Gasteiger partial charge in [-0.3, -0.25) is 9.78 Å². The van der Waals surface area contributed by atoms with Gasteiger partial charge in [-0.2, -0.15) is 0 Å². The molecule has 0 N–H and O–H groups in total. The Labute approximate surface area is 129 Å². The van der Waals surface area contributed by atoms with Gasteiger partial charge in [0.2, 0.25) is 0 Å². The Morgan fingerprint density at radius 2 is 2.23 bits per heavy atom.